The molecule has 4 heteroatoms. The zero-order valence-corrected chi connectivity index (χ0v) is 12.8. The van der Waals surface area contributed by atoms with Gasteiger partial charge < -0.3 is 10.2 Å². The first-order valence-corrected chi connectivity index (χ1v) is 7.59. The van der Waals surface area contributed by atoms with E-state index in [9.17, 15) is 19.8 Å². The van der Waals surface area contributed by atoms with Gasteiger partial charge in [-0.15, -0.1) is 0 Å². The number of rotatable bonds is 5. The van der Waals surface area contributed by atoms with Crippen LogP contribution in [0.25, 0.3) is 10.8 Å². The van der Waals surface area contributed by atoms with Crippen molar-refractivity contribution in [2.45, 2.75) is 12.3 Å². The van der Waals surface area contributed by atoms with Gasteiger partial charge in [-0.2, -0.15) is 0 Å². The number of fused-ring (bicyclic) bond motifs is 1. The standard InChI is InChI=1S/C20H16O4/c21-19(22)16-10-4-2-7-14(16)12-18(20(23)24)17-11-5-8-13-6-1-3-9-15(13)17/h1-11,18H,12H2,(H,21,22)(H,23,24). The summed E-state index contributed by atoms with van der Waals surface area (Å²) in [5, 5.41) is 20.9. The third kappa shape index (κ3) is 2.99. The van der Waals surface area contributed by atoms with Crippen molar-refractivity contribution in [2.75, 3.05) is 0 Å². The number of aliphatic carboxylic acids is 1. The number of hydrogen-bond donors (Lipinski definition) is 2. The molecule has 3 aromatic rings. The van der Waals surface area contributed by atoms with Crippen molar-refractivity contribution < 1.29 is 19.8 Å². The molecule has 0 heterocycles. The third-order valence-electron chi connectivity index (χ3n) is 4.17. The predicted octanol–water partition coefficient (Wildman–Crippen LogP) is 3.95. The Hall–Kier alpha value is -3.14. The minimum Gasteiger partial charge on any atom is -0.481 e. The lowest BCUT2D eigenvalue weighted by molar-refractivity contribution is -0.138. The first kappa shape index (κ1) is 15.7. The summed E-state index contributed by atoms with van der Waals surface area (Å²) in [4.78, 5) is 23.3. The Balaban J connectivity index is 2.09. The maximum Gasteiger partial charge on any atom is 0.335 e. The van der Waals surface area contributed by atoms with Crippen molar-refractivity contribution in [3.05, 3.63) is 83.4 Å². The Morgan fingerprint density at radius 1 is 0.833 bits per heavy atom. The molecular weight excluding hydrogens is 304 g/mol. The highest BCUT2D eigenvalue weighted by Gasteiger charge is 2.24. The first-order chi connectivity index (χ1) is 11.6. The van der Waals surface area contributed by atoms with Gasteiger partial charge in [0, 0.05) is 0 Å². The van der Waals surface area contributed by atoms with Gasteiger partial charge in [-0.3, -0.25) is 4.79 Å². The average Bonchev–Trinajstić information content (AvgIpc) is 2.59. The third-order valence-corrected chi connectivity index (χ3v) is 4.17. The fourth-order valence-corrected chi connectivity index (χ4v) is 3.01. The lowest BCUT2D eigenvalue weighted by atomic mass is 9.87. The van der Waals surface area contributed by atoms with Crippen molar-refractivity contribution in [1.82, 2.24) is 0 Å². The lowest BCUT2D eigenvalue weighted by Gasteiger charge is -2.16. The second kappa shape index (κ2) is 6.54. The summed E-state index contributed by atoms with van der Waals surface area (Å²) in [6.45, 7) is 0. The number of carboxylic acids is 2. The van der Waals surface area contributed by atoms with E-state index < -0.39 is 17.9 Å². The molecule has 0 radical (unpaired) electrons. The Morgan fingerprint density at radius 3 is 2.25 bits per heavy atom. The SMILES string of the molecule is O=C(O)c1ccccc1CC(C(=O)O)c1cccc2ccccc12. The smallest absolute Gasteiger partial charge is 0.335 e. The number of aromatic carboxylic acids is 1. The minimum absolute atomic E-state index is 0.131. The molecule has 120 valence electrons. The highest BCUT2D eigenvalue weighted by molar-refractivity contribution is 5.92. The fraction of sp³-hybridized carbons (Fsp3) is 0.100. The van der Waals surface area contributed by atoms with Crippen LogP contribution in [0.4, 0.5) is 0 Å². The van der Waals surface area contributed by atoms with Gasteiger partial charge in [0.25, 0.3) is 0 Å². The minimum atomic E-state index is -1.05. The molecule has 0 saturated heterocycles. The van der Waals surface area contributed by atoms with Gasteiger partial charge in [-0.25, -0.2) is 4.79 Å². The first-order valence-electron chi connectivity index (χ1n) is 7.59. The number of hydrogen-bond acceptors (Lipinski definition) is 2. The number of carbonyl (C=O) groups is 2. The molecule has 0 aromatic heterocycles. The summed E-state index contributed by atoms with van der Waals surface area (Å²) >= 11 is 0. The molecule has 3 rings (SSSR count). The van der Waals surface area contributed by atoms with E-state index in [-0.39, 0.29) is 12.0 Å². The van der Waals surface area contributed by atoms with Crippen LogP contribution >= 0.6 is 0 Å². The van der Waals surface area contributed by atoms with Gasteiger partial charge in [0.1, 0.15) is 0 Å². The Bertz CT molecular complexity index is 909. The van der Waals surface area contributed by atoms with Gasteiger partial charge in [0.05, 0.1) is 11.5 Å². The monoisotopic (exact) mass is 320 g/mol. The largest absolute Gasteiger partial charge is 0.481 e. The zero-order chi connectivity index (χ0) is 17.1. The average molecular weight is 320 g/mol. The summed E-state index contributed by atoms with van der Waals surface area (Å²) in [5.74, 6) is -2.82. The molecule has 0 bridgehead atoms. The summed E-state index contributed by atoms with van der Waals surface area (Å²) in [6.07, 6.45) is 0.131. The van der Waals surface area contributed by atoms with Crippen molar-refractivity contribution in [3.63, 3.8) is 0 Å². The molecule has 1 atom stereocenters. The van der Waals surface area contributed by atoms with Gasteiger partial charge in [0.2, 0.25) is 0 Å². The van der Waals surface area contributed by atoms with Crippen LogP contribution in [0.2, 0.25) is 0 Å². The van der Waals surface area contributed by atoms with E-state index in [1.165, 1.54) is 6.07 Å². The van der Waals surface area contributed by atoms with Gasteiger partial charge in [-0.1, -0.05) is 60.7 Å². The van der Waals surface area contributed by atoms with E-state index in [0.29, 0.717) is 11.1 Å². The van der Waals surface area contributed by atoms with Crippen LogP contribution in [-0.4, -0.2) is 22.2 Å². The van der Waals surface area contributed by atoms with Crippen LogP contribution in [0.15, 0.2) is 66.7 Å². The van der Waals surface area contributed by atoms with Crippen LogP contribution in [-0.2, 0) is 11.2 Å². The molecular formula is C20H16O4. The zero-order valence-electron chi connectivity index (χ0n) is 12.8. The normalized spacial score (nSPS) is 12.0. The van der Waals surface area contributed by atoms with Crippen molar-refractivity contribution >= 4 is 22.7 Å². The lowest BCUT2D eigenvalue weighted by Crippen LogP contribution is -2.16. The topological polar surface area (TPSA) is 74.6 Å². The van der Waals surface area contributed by atoms with Crippen LogP contribution < -0.4 is 0 Å². The Kier molecular flexibility index (Phi) is 4.29. The maximum absolute atomic E-state index is 11.9. The van der Waals surface area contributed by atoms with Crippen molar-refractivity contribution in [2.24, 2.45) is 0 Å². The molecule has 2 N–H and O–H groups in total. The molecule has 0 aliphatic heterocycles. The summed E-state index contributed by atoms with van der Waals surface area (Å²) in [5.41, 5.74) is 1.36. The van der Waals surface area contributed by atoms with E-state index >= 15 is 0 Å². The highest BCUT2D eigenvalue weighted by atomic mass is 16.4. The molecule has 24 heavy (non-hydrogen) atoms. The summed E-state index contributed by atoms with van der Waals surface area (Å²) in [6, 6.07) is 19.7. The van der Waals surface area contributed by atoms with Crippen LogP contribution in [0.3, 0.4) is 0 Å². The van der Waals surface area contributed by atoms with Crippen LogP contribution in [0.5, 0.6) is 0 Å². The van der Waals surface area contributed by atoms with Gasteiger partial charge >= 0.3 is 11.9 Å². The Labute approximate surface area is 139 Å². The van der Waals surface area contributed by atoms with E-state index in [1.54, 1.807) is 24.3 Å². The maximum atomic E-state index is 11.9. The molecule has 0 fully saturated rings. The van der Waals surface area contributed by atoms with Crippen LogP contribution in [0, 0.1) is 0 Å². The second-order valence-corrected chi connectivity index (χ2v) is 5.63. The van der Waals surface area contributed by atoms with Gasteiger partial charge in [-0.05, 0) is 34.4 Å². The second-order valence-electron chi connectivity index (χ2n) is 5.63. The summed E-state index contributed by atoms with van der Waals surface area (Å²) in [7, 11) is 0. The molecule has 0 amide bonds. The molecule has 1 unspecified atom stereocenters. The molecule has 0 spiro atoms. The number of carboxylic acid groups (broad SMARTS) is 2. The number of benzene rings is 3. The fourth-order valence-electron chi connectivity index (χ4n) is 3.01. The highest BCUT2D eigenvalue weighted by Crippen LogP contribution is 2.29. The van der Waals surface area contributed by atoms with Crippen molar-refractivity contribution in [1.29, 1.82) is 0 Å². The molecule has 0 saturated carbocycles. The molecule has 4 nitrogen and oxygen atoms in total. The summed E-state index contributed by atoms with van der Waals surface area (Å²) < 4.78 is 0. The van der Waals surface area contributed by atoms with E-state index in [1.807, 2.05) is 36.4 Å². The van der Waals surface area contributed by atoms with E-state index in [0.717, 1.165) is 10.8 Å². The van der Waals surface area contributed by atoms with E-state index in [2.05, 4.69) is 0 Å². The molecule has 0 aliphatic rings. The van der Waals surface area contributed by atoms with Crippen LogP contribution in [0.1, 0.15) is 27.4 Å². The van der Waals surface area contributed by atoms with E-state index in [4.69, 9.17) is 0 Å². The van der Waals surface area contributed by atoms with Crippen molar-refractivity contribution in [3.8, 4) is 0 Å². The predicted molar refractivity (Wildman–Crippen MR) is 91.4 cm³/mol. The molecule has 0 aliphatic carbocycles. The Morgan fingerprint density at radius 2 is 1.50 bits per heavy atom. The molecule has 3 aromatic carbocycles. The van der Waals surface area contributed by atoms with Gasteiger partial charge in [0.15, 0.2) is 0 Å². The quantitative estimate of drug-likeness (QED) is 0.746.